The molecule has 0 fully saturated rings. The van der Waals surface area contributed by atoms with Gasteiger partial charge in [-0.25, -0.2) is 4.79 Å². The highest BCUT2D eigenvalue weighted by Gasteiger charge is 2.17. The quantitative estimate of drug-likeness (QED) is 0.377. The van der Waals surface area contributed by atoms with Crippen LogP contribution in [-0.4, -0.2) is 16.8 Å². The van der Waals surface area contributed by atoms with Crippen LogP contribution in [0.3, 0.4) is 0 Å². The molecule has 25 heavy (non-hydrogen) atoms. The molecule has 0 bridgehead atoms. The van der Waals surface area contributed by atoms with E-state index in [1.807, 2.05) is 6.07 Å². The number of hydrogen-bond donors (Lipinski definition) is 1. The molecule has 0 unspecified atom stereocenters. The molecule has 0 heterocycles. The maximum Gasteiger partial charge on any atom is 0.355 e. The van der Waals surface area contributed by atoms with Crippen molar-refractivity contribution < 1.29 is 19.2 Å². The molecule has 0 aliphatic carbocycles. The van der Waals surface area contributed by atoms with Gasteiger partial charge in [-0.2, -0.15) is 0 Å². The Labute approximate surface area is 144 Å². The van der Waals surface area contributed by atoms with Crippen molar-refractivity contribution in [3.8, 4) is 0 Å². The monoisotopic (exact) mass is 340 g/mol. The van der Waals surface area contributed by atoms with Crippen molar-refractivity contribution in [2.45, 2.75) is 13.5 Å². The van der Waals surface area contributed by atoms with Crippen molar-refractivity contribution in [2.75, 3.05) is 0 Å². The predicted molar refractivity (Wildman–Crippen MR) is 91.1 cm³/mol. The minimum atomic E-state index is -0.780. The van der Waals surface area contributed by atoms with Gasteiger partial charge in [0.25, 0.3) is 5.69 Å². The first-order valence-electron chi connectivity index (χ1n) is 7.41. The summed E-state index contributed by atoms with van der Waals surface area (Å²) in [6, 6.07) is 14.9. The molecule has 2 aromatic rings. The largest absolute Gasteiger partial charge is 0.456 e. The summed E-state index contributed by atoms with van der Waals surface area (Å²) in [6.45, 7) is 0.996. The number of esters is 1. The number of nitrogens with one attached hydrogen (secondary N) is 1. The van der Waals surface area contributed by atoms with E-state index in [9.17, 15) is 19.7 Å². The third kappa shape index (κ3) is 5.28. The smallest absolute Gasteiger partial charge is 0.355 e. The molecule has 7 nitrogen and oxygen atoms in total. The number of ether oxygens (including phenoxy) is 1. The topological polar surface area (TPSA) is 98.5 Å². The molecule has 0 aliphatic rings. The zero-order chi connectivity index (χ0) is 18.2. The summed E-state index contributed by atoms with van der Waals surface area (Å²) in [6.07, 6.45) is 1.48. The zero-order valence-electron chi connectivity index (χ0n) is 13.5. The standard InChI is InChI=1S/C18H16N2O5/c1-13(21)19-16(11-14-7-3-2-4-8-14)18(22)25-12-15-9-5-6-10-17(15)20(23)24/h2-11H,12H2,1H3,(H,19,21)/b16-11-. The van der Waals surface area contributed by atoms with Gasteiger partial charge in [-0.1, -0.05) is 42.5 Å². The molecule has 128 valence electrons. The Morgan fingerprint density at radius 1 is 1.12 bits per heavy atom. The summed E-state index contributed by atoms with van der Waals surface area (Å²) < 4.78 is 5.13. The highest BCUT2D eigenvalue weighted by Crippen LogP contribution is 2.19. The number of nitro benzene ring substituents is 1. The number of hydrogen-bond acceptors (Lipinski definition) is 5. The fourth-order valence-corrected chi connectivity index (χ4v) is 2.08. The van der Waals surface area contributed by atoms with E-state index >= 15 is 0 Å². The van der Waals surface area contributed by atoms with E-state index in [-0.39, 0.29) is 23.6 Å². The number of carbonyl (C=O) groups is 2. The molecule has 0 aromatic heterocycles. The lowest BCUT2D eigenvalue weighted by atomic mass is 10.2. The Balaban J connectivity index is 2.17. The third-order valence-corrected chi connectivity index (χ3v) is 3.19. The first-order chi connectivity index (χ1) is 12.0. The summed E-state index contributed by atoms with van der Waals surface area (Å²) in [4.78, 5) is 34.0. The number of nitro groups is 1. The van der Waals surface area contributed by atoms with Crippen LogP contribution in [0.1, 0.15) is 18.1 Å². The third-order valence-electron chi connectivity index (χ3n) is 3.19. The number of carbonyl (C=O) groups excluding carboxylic acids is 2. The lowest BCUT2D eigenvalue weighted by molar-refractivity contribution is -0.385. The summed E-state index contributed by atoms with van der Waals surface area (Å²) in [5.74, 6) is -1.21. The van der Waals surface area contributed by atoms with Crippen LogP contribution in [0.25, 0.3) is 6.08 Å². The van der Waals surface area contributed by atoms with E-state index in [2.05, 4.69) is 5.32 Å². The summed E-state index contributed by atoms with van der Waals surface area (Å²) in [5, 5.41) is 13.4. The van der Waals surface area contributed by atoms with Crippen LogP contribution in [0.5, 0.6) is 0 Å². The Hall–Kier alpha value is -3.48. The Bertz CT molecular complexity index is 815. The second-order valence-electron chi connectivity index (χ2n) is 5.11. The maximum atomic E-state index is 12.3. The van der Waals surface area contributed by atoms with Gasteiger partial charge in [0, 0.05) is 13.0 Å². The van der Waals surface area contributed by atoms with E-state index in [0.29, 0.717) is 5.56 Å². The number of para-hydroxylation sites is 1. The zero-order valence-corrected chi connectivity index (χ0v) is 13.5. The maximum absolute atomic E-state index is 12.3. The SMILES string of the molecule is CC(=O)N/C(=C\c1ccccc1)C(=O)OCc1ccccc1[N+](=O)[O-]. The molecular weight excluding hydrogens is 324 g/mol. The van der Waals surface area contributed by atoms with Crippen LogP contribution >= 0.6 is 0 Å². The summed E-state index contributed by atoms with van der Waals surface area (Å²) >= 11 is 0. The van der Waals surface area contributed by atoms with E-state index < -0.39 is 16.8 Å². The lowest BCUT2D eigenvalue weighted by Gasteiger charge is -2.09. The molecule has 0 saturated carbocycles. The van der Waals surface area contributed by atoms with Gasteiger partial charge >= 0.3 is 5.97 Å². The average molecular weight is 340 g/mol. The van der Waals surface area contributed by atoms with Gasteiger partial charge in [0.05, 0.1) is 10.5 Å². The van der Waals surface area contributed by atoms with Crippen molar-refractivity contribution in [3.63, 3.8) is 0 Å². The molecule has 2 aromatic carbocycles. The Kier molecular flexibility index (Phi) is 6.00. The first-order valence-corrected chi connectivity index (χ1v) is 7.41. The van der Waals surface area contributed by atoms with Crippen LogP contribution in [0.2, 0.25) is 0 Å². The van der Waals surface area contributed by atoms with Gasteiger partial charge in [-0.3, -0.25) is 14.9 Å². The van der Waals surface area contributed by atoms with Crippen molar-refractivity contribution in [1.82, 2.24) is 5.32 Å². The second-order valence-corrected chi connectivity index (χ2v) is 5.11. The molecule has 0 atom stereocenters. The highest BCUT2D eigenvalue weighted by molar-refractivity contribution is 5.97. The van der Waals surface area contributed by atoms with Crippen LogP contribution in [0.15, 0.2) is 60.3 Å². The van der Waals surface area contributed by atoms with Gasteiger partial charge in [0.15, 0.2) is 0 Å². The van der Waals surface area contributed by atoms with E-state index in [1.165, 1.54) is 31.2 Å². The number of nitrogens with zero attached hydrogens (tertiary/aromatic N) is 1. The van der Waals surface area contributed by atoms with E-state index in [4.69, 9.17) is 4.74 Å². The lowest BCUT2D eigenvalue weighted by Crippen LogP contribution is -2.26. The fraction of sp³-hybridized carbons (Fsp3) is 0.111. The number of benzene rings is 2. The second kappa shape index (κ2) is 8.39. The summed E-state index contributed by atoms with van der Waals surface area (Å²) in [7, 11) is 0. The molecule has 0 saturated heterocycles. The molecular formula is C18H16N2O5. The van der Waals surface area contributed by atoms with Gasteiger partial charge in [-0.05, 0) is 17.7 Å². The molecule has 1 N–H and O–H groups in total. The Morgan fingerprint density at radius 2 is 1.76 bits per heavy atom. The van der Waals surface area contributed by atoms with Crippen molar-refractivity contribution in [1.29, 1.82) is 0 Å². The van der Waals surface area contributed by atoms with Crippen LogP contribution in [0.4, 0.5) is 5.69 Å². The molecule has 2 rings (SSSR count). The van der Waals surface area contributed by atoms with E-state index in [0.717, 1.165) is 0 Å². The average Bonchev–Trinajstić information content (AvgIpc) is 2.59. The van der Waals surface area contributed by atoms with Crippen LogP contribution < -0.4 is 5.32 Å². The van der Waals surface area contributed by atoms with Gasteiger partial charge in [-0.15, -0.1) is 0 Å². The van der Waals surface area contributed by atoms with Gasteiger partial charge in [0.1, 0.15) is 12.3 Å². The minimum Gasteiger partial charge on any atom is -0.456 e. The molecule has 1 amide bonds. The normalized spacial score (nSPS) is 10.8. The highest BCUT2D eigenvalue weighted by atomic mass is 16.6. The van der Waals surface area contributed by atoms with Gasteiger partial charge < -0.3 is 10.1 Å². The first kappa shape index (κ1) is 17.9. The Morgan fingerprint density at radius 3 is 2.40 bits per heavy atom. The van der Waals surface area contributed by atoms with E-state index in [1.54, 1.807) is 30.3 Å². The van der Waals surface area contributed by atoms with Crippen molar-refractivity contribution in [3.05, 3.63) is 81.5 Å². The fourth-order valence-electron chi connectivity index (χ4n) is 2.08. The van der Waals surface area contributed by atoms with Gasteiger partial charge in [0.2, 0.25) is 5.91 Å². The van der Waals surface area contributed by atoms with Crippen molar-refractivity contribution >= 4 is 23.6 Å². The van der Waals surface area contributed by atoms with Crippen LogP contribution in [-0.2, 0) is 20.9 Å². The molecule has 0 radical (unpaired) electrons. The summed E-state index contributed by atoms with van der Waals surface area (Å²) in [5.41, 5.74) is 0.789. The number of amides is 1. The number of rotatable bonds is 6. The predicted octanol–water partition coefficient (Wildman–Crippen LogP) is 2.82. The van der Waals surface area contributed by atoms with Crippen molar-refractivity contribution in [2.24, 2.45) is 0 Å². The molecule has 0 spiro atoms. The molecule has 0 aliphatic heterocycles. The molecule has 7 heteroatoms. The minimum absolute atomic E-state index is 0.0442. The van der Waals surface area contributed by atoms with Crippen LogP contribution in [0, 0.1) is 10.1 Å².